The van der Waals surface area contributed by atoms with Crippen molar-refractivity contribution in [2.24, 2.45) is 0 Å². The Kier molecular flexibility index (Phi) is 4.28. The Hall–Kier alpha value is -1.36. The van der Waals surface area contributed by atoms with Gasteiger partial charge in [-0.1, -0.05) is 6.92 Å². The number of carbonyl (C=O) groups is 1. The number of methoxy groups -OCH3 is 1. The molecule has 0 aliphatic heterocycles. The highest BCUT2D eigenvalue weighted by molar-refractivity contribution is 6.03. The molecule has 1 aromatic rings. The van der Waals surface area contributed by atoms with E-state index in [4.69, 9.17) is 4.74 Å². The van der Waals surface area contributed by atoms with Crippen LogP contribution < -0.4 is 10.1 Å². The molecular formula is C12H21N3O2. The van der Waals surface area contributed by atoms with Crippen LogP contribution in [-0.2, 0) is 6.54 Å². The topological polar surface area (TPSA) is 56.1 Å². The number of carbonyl (C=O) groups excluding carboxylic acids is 1. The molecule has 0 saturated heterocycles. The monoisotopic (exact) mass is 239 g/mol. The summed E-state index contributed by atoms with van der Waals surface area (Å²) in [7, 11) is 1.55. The molecule has 0 spiro atoms. The van der Waals surface area contributed by atoms with Crippen molar-refractivity contribution in [1.82, 2.24) is 15.1 Å². The highest BCUT2D eigenvalue weighted by Gasteiger charge is 2.32. The number of ether oxygens (including phenoxy) is 1. The number of aromatic nitrogens is 2. The maximum Gasteiger partial charge on any atom is 0.204 e. The maximum absolute atomic E-state index is 12.5. The number of ketones is 1. The van der Waals surface area contributed by atoms with Crippen LogP contribution in [0, 0.1) is 0 Å². The van der Waals surface area contributed by atoms with E-state index in [1.54, 1.807) is 18.0 Å². The SMILES string of the molecule is CCNC(C)(C)C(=O)c1c(OC)cnn1CC. The lowest BCUT2D eigenvalue weighted by molar-refractivity contribution is 0.0869. The zero-order valence-electron chi connectivity index (χ0n) is 11.2. The van der Waals surface area contributed by atoms with Crippen molar-refractivity contribution in [3.8, 4) is 5.75 Å². The van der Waals surface area contributed by atoms with Crippen LogP contribution >= 0.6 is 0 Å². The van der Waals surface area contributed by atoms with Gasteiger partial charge in [-0.15, -0.1) is 0 Å². The molecule has 0 radical (unpaired) electrons. The first-order valence-corrected chi connectivity index (χ1v) is 5.87. The van der Waals surface area contributed by atoms with Crippen molar-refractivity contribution < 1.29 is 9.53 Å². The first-order valence-electron chi connectivity index (χ1n) is 5.87. The van der Waals surface area contributed by atoms with Crippen molar-refractivity contribution in [3.63, 3.8) is 0 Å². The van der Waals surface area contributed by atoms with Crippen LogP contribution in [0.4, 0.5) is 0 Å². The molecular weight excluding hydrogens is 218 g/mol. The third-order valence-corrected chi connectivity index (χ3v) is 2.73. The molecule has 0 aromatic carbocycles. The van der Waals surface area contributed by atoms with E-state index in [2.05, 4.69) is 10.4 Å². The molecule has 1 rings (SSSR count). The number of hydrogen-bond donors (Lipinski definition) is 1. The Morgan fingerprint density at radius 1 is 1.53 bits per heavy atom. The van der Waals surface area contributed by atoms with Crippen molar-refractivity contribution in [2.75, 3.05) is 13.7 Å². The molecule has 0 aliphatic carbocycles. The molecule has 1 heterocycles. The van der Waals surface area contributed by atoms with Gasteiger partial charge in [-0.05, 0) is 27.3 Å². The predicted molar refractivity (Wildman–Crippen MR) is 66.5 cm³/mol. The number of aryl methyl sites for hydroxylation is 1. The number of nitrogens with one attached hydrogen (secondary N) is 1. The van der Waals surface area contributed by atoms with E-state index in [0.29, 0.717) is 18.0 Å². The third-order valence-electron chi connectivity index (χ3n) is 2.73. The zero-order valence-corrected chi connectivity index (χ0v) is 11.2. The molecule has 0 aliphatic rings. The van der Waals surface area contributed by atoms with Crippen molar-refractivity contribution >= 4 is 5.78 Å². The highest BCUT2D eigenvalue weighted by atomic mass is 16.5. The fourth-order valence-corrected chi connectivity index (χ4v) is 1.80. The van der Waals surface area contributed by atoms with E-state index < -0.39 is 5.54 Å². The molecule has 0 unspecified atom stereocenters. The quantitative estimate of drug-likeness (QED) is 0.764. The van der Waals surface area contributed by atoms with E-state index in [-0.39, 0.29) is 5.78 Å². The summed E-state index contributed by atoms with van der Waals surface area (Å²) in [6, 6.07) is 0. The fourth-order valence-electron chi connectivity index (χ4n) is 1.80. The predicted octanol–water partition coefficient (Wildman–Crippen LogP) is 1.48. The molecule has 0 amide bonds. The van der Waals surface area contributed by atoms with Crippen molar-refractivity contribution in [3.05, 3.63) is 11.9 Å². The standard InChI is InChI=1S/C12H21N3O2/c1-6-13-12(3,4)11(16)10-9(17-5)8-14-15(10)7-2/h8,13H,6-7H2,1-5H3. The molecule has 5 heteroatoms. The molecule has 1 N–H and O–H groups in total. The largest absolute Gasteiger partial charge is 0.493 e. The molecule has 1 aromatic heterocycles. The minimum Gasteiger partial charge on any atom is -0.493 e. The Morgan fingerprint density at radius 2 is 2.18 bits per heavy atom. The summed E-state index contributed by atoms with van der Waals surface area (Å²) in [5.74, 6) is 0.526. The molecule has 0 saturated carbocycles. The Labute approximate surface area is 102 Å². The summed E-state index contributed by atoms with van der Waals surface area (Å²) in [6.45, 7) is 9.04. The van der Waals surface area contributed by atoms with Gasteiger partial charge in [0.15, 0.2) is 5.75 Å². The van der Waals surface area contributed by atoms with Crippen molar-refractivity contribution in [1.29, 1.82) is 0 Å². The van der Waals surface area contributed by atoms with Gasteiger partial charge in [-0.2, -0.15) is 5.10 Å². The molecule has 0 fully saturated rings. The second-order valence-electron chi connectivity index (χ2n) is 4.36. The minimum atomic E-state index is -0.616. The van der Waals surface area contributed by atoms with E-state index in [0.717, 1.165) is 6.54 Å². The van der Waals surface area contributed by atoms with Crippen LogP contribution in [0.1, 0.15) is 38.2 Å². The second-order valence-corrected chi connectivity index (χ2v) is 4.36. The van der Waals surface area contributed by atoms with Gasteiger partial charge < -0.3 is 10.1 Å². The van der Waals surface area contributed by atoms with Gasteiger partial charge >= 0.3 is 0 Å². The zero-order chi connectivity index (χ0) is 13.1. The van der Waals surface area contributed by atoms with Gasteiger partial charge in [0.25, 0.3) is 0 Å². The Balaban J connectivity index is 3.14. The van der Waals surface area contributed by atoms with Crippen molar-refractivity contribution in [2.45, 2.75) is 39.8 Å². The third kappa shape index (κ3) is 2.66. The molecule has 96 valence electrons. The first-order chi connectivity index (χ1) is 7.97. The molecule has 0 atom stereocenters. The summed E-state index contributed by atoms with van der Waals surface area (Å²) in [5, 5.41) is 7.31. The summed E-state index contributed by atoms with van der Waals surface area (Å²) in [5.41, 5.74) is -0.0874. The van der Waals surface area contributed by atoms with Crippen LogP contribution in [-0.4, -0.2) is 34.8 Å². The lowest BCUT2D eigenvalue weighted by atomic mass is 9.96. The maximum atomic E-state index is 12.5. The van der Waals surface area contributed by atoms with Crippen LogP contribution in [0.15, 0.2) is 6.20 Å². The van der Waals surface area contributed by atoms with E-state index >= 15 is 0 Å². The van der Waals surface area contributed by atoms with Crippen LogP contribution in [0.5, 0.6) is 5.75 Å². The van der Waals surface area contributed by atoms with E-state index in [1.807, 2.05) is 27.7 Å². The van der Waals surface area contributed by atoms with Gasteiger partial charge in [-0.3, -0.25) is 9.48 Å². The average molecular weight is 239 g/mol. The Bertz CT molecular complexity index is 375. The van der Waals surface area contributed by atoms with Gasteiger partial charge in [0.1, 0.15) is 5.69 Å². The van der Waals surface area contributed by atoms with Crippen LogP contribution in [0.2, 0.25) is 0 Å². The molecule has 0 bridgehead atoms. The van der Waals surface area contributed by atoms with E-state index in [1.165, 1.54) is 0 Å². The molecule has 17 heavy (non-hydrogen) atoms. The summed E-state index contributed by atoms with van der Waals surface area (Å²) >= 11 is 0. The summed E-state index contributed by atoms with van der Waals surface area (Å²) < 4.78 is 6.86. The second kappa shape index (κ2) is 5.31. The molecule has 5 nitrogen and oxygen atoms in total. The smallest absolute Gasteiger partial charge is 0.204 e. The fraction of sp³-hybridized carbons (Fsp3) is 0.667. The van der Waals surface area contributed by atoms with Crippen LogP contribution in [0.3, 0.4) is 0 Å². The lowest BCUT2D eigenvalue weighted by Gasteiger charge is -2.24. The minimum absolute atomic E-state index is 0.00412. The number of rotatable bonds is 6. The van der Waals surface area contributed by atoms with Gasteiger partial charge in [0.2, 0.25) is 5.78 Å². The summed E-state index contributed by atoms with van der Waals surface area (Å²) in [4.78, 5) is 12.5. The van der Waals surface area contributed by atoms with E-state index in [9.17, 15) is 4.79 Å². The normalized spacial score (nSPS) is 11.6. The first kappa shape index (κ1) is 13.7. The number of Topliss-reactive ketones (excluding diaryl/α,β-unsaturated/α-hetero) is 1. The number of hydrogen-bond acceptors (Lipinski definition) is 4. The van der Waals surface area contributed by atoms with Gasteiger partial charge in [-0.25, -0.2) is 0 Å². The highest BCUT2D eigenvalue weighted by Crippen LogP contribution is 2.22. The van der Waals surface area contributed by atoms with Gasteiger partial charge in [0.05, 0.1) is 18.8 Å². The summed E-state index contributed by atoms with van der Waals surface area (Å²) in [6.07, 6.45) is 1.58. The average Bonchev–Trinajstić information content (AvgIpc) is 2.70. The Morgan fingerprint density at radius 3 is 2.65 bits per heavy atom. The number of nitrogens with zero attached hydrogens (tertiary/aromatic N) is 2. The van der Waals surface area contributed by atoms with Gasteiger partial charge in [0, 0.05) is 6.54 Å². The van der Waals surface area contributed by atoms with Crippen LogP contribution in [0.25, 0.3) is 0 Å². The number of likely N-dealkylation sites (N-methyl/N-ethyl adjacent to an activating group) is 1. The lowest BCUT2D eigenvalue weighted by Crippen LogP contribution is -2.47.